The Morgan fingerprint density at radius 3 is 0.806 bits per heavy atom. The number of hydrogen-bond donors (Lipinski definition) is 1. The second kappa shape index (κ2) is 63.7. The number of aliphatic hydroxyl groups is 1. The molecule has 19 nitrogen and oxygen atoms in total. The largest absolute Gasteiger partial charge is 1.00 e. The van der Waals surface area contributed by atoms with Gasteiger partial charge in [-0.1, -0.05) is 0 Å². The maximum atomic E-state index is 10.1. The Labute approximate surface area is 287 Å². The van der Waals surface area contributed by atoms with Crippen LogP contribution in [-0.4, -0.2) is 87.1 Å². The van der Waals surface area contributed by atoms with Gasteiger partial charge in [-0.05, 0) is 0 Å². The molecule has 0 heterocycles. The van der Waals surface area contributed by atoms with E-state index < -0.39 is 45.5 Å². The van der Waals surface area contributed by atoms with Gasteiger partial charge in [-0.3, -0.25) is 0 Å². The van der Waals surface area contributed by atoms with E-state index >= 15 is 0 Å². The van der Waals surface area contributed by atoms with Crippen molar-refractivity contribution >= 4 is 27.1 Å². The number of carbonyl (C=O) groups is 3. The van der Waals surface area contributed by atoms with Crippen molar-refractivity contribution in [2.75, 3.05) is 0 Å². The average molecular weight is 542 g/mol. The normalized spacial score (nSPS) is 5.32. The first-order valence-electron chi connectivity index (χ1n) is 3.72. The number of aliphatic carboxylic acids is 3. The van der Waals surface area contributed by atoms with Gasteiger partial charge in [0.15, 0.2) is 0 Å². The molecule has 0 bridgehead atoms. The van der Waals surface area contributed by atoms with E-state index in [1.807, 2.05) is 0 Å². The number of carbonyl (C=O) groups excluding carboxylic acids is 3. The first kappa shape index (κ1) is 115. The molecule has 0 saturated carbocycles. The van der Waals surface area contributed by atoms with Crippen LogP contribution in [0.4, 0.5) is 0 Å². The van der Waals surface area contributed by atoms with Gasteiger partial charge in [-0.2, -0.15) is 0 Å². The standard InChI is InChI=1S/C6H8O7.5Na.O3Si.9H2O/c7-3(8)1-6(13,5(11)12)2-4(9)10;;;;;;1-4(2)3;;;;;;;;;/h13H,1-2H2,(H,7,8)(H,9,10)(H,11,12);;;;;;;9*1H2/q;5*+1;-2;;;;;;;;;/p-3. The fraction of sp³-hybridized carbons (Fsp3) is 0.500. The van der Waals surface area contributed by atoms with Gasteiger partial charge in [0.25, 0.3) is 0 Å². The Morgan fingerprint density at radius 2 is 0.742 bits per heavy atom. The molecule has 0 spiro atoms. The van der Waals surface area contributed by atoms with Crippen molar-refractivity contribution in [1.82, 2.24) is 0 Å². The fourth-order valence-corrected chi connectivity index (χ4v) is 0.684. The summed E-state index contributed by atoms with van der Waals surface area (Å²) in [6.45, 7) is 0. The Hall–Kier alpha value is 2.63. The van der Waals surface area contributed by atoms with E-state index in [0.29, 0.717) is 0 Å². The zero-order valence-electron chi connectivity index (χ0n) is 17.5. The molecule has 0 radical (unpaired) electrons. The van der Waals surface area contributed by atoms with Crippen molar-refractivity contribution in [2.24, 2.45) is 0 Å². The van der Waals surface area contributed by atoms with Crippen molar-refractivity contribution in [1.29, 1.82) is 0 Å². The molecule has 0 aliphatic heterocycles. The molecule has 0 saturated heterocycles. The smallest absolute Gasteiger partial charge is 0.672 e. The van der Waals surface area contributed by atoms with Crippen molar-refractivity contribution < 1.29 is 246 Å². The molecule has 0 amide bonds. The van der Waals surface area contributed by atoms with E-state index in [1.165, 1.54) is 0 Å². The summed E-state index contributed by atoms with van der Waals surface area (Å²) in [4.78, 5) is 47.0. The SMILES string of the molecule is O.O.O.O.O.O.O.O.O.O=C([O-])CC(O)(CC(=O)[O-])C(=O)[O-].O=[Si]([O-])[O-].[Na+].[Na+].[Na+].[Na+].[Na+]. The summed E-state index contributed by atoms with van der Waals surface area (Å²) in [6, 6.07) is 0. The van der Waals surface area contributed by atoms with Gasteiger partial charge in [0.05, 0.1) is 5.97 Å². The summed E-state index contributed by atoms with van der Waals surface area (Å²) in [5.41, 5.74) is -2.97. The van der Waals surface area contributed by atoms with Crippen LogP contribution in [0.3, 0.4) is 0 Å². The molecule has 25 heteroatoms. The Balaban J connectivity index is -0.00000000833. The quantitative estimate of drug-likeness (QED) is 0.319. The Morgan fingerprint density at radius 1 is 0.613 bits per heavy atom. The van der Waals surface area contributed by atoms with Crippen LogP contribution in [0.25, 0.3) is 0 Å². The van der Waals surface area contributed by atoms with Crippen LogP contribution >= 0.6 is 0 Å². The second-order valence-electron chi connectivity index (χ2n) is 2.67. The molecule has 0 aliphatic rings. The number of rotatable bonds is 5. The summed E-state index contributed by atoms with van der Waals surface area (Å²) in [6.07, 6.45) is -2.72. The van der Waals surface area contributed by atoms with Crippen LogP contribution in [0.15, 0.2) is 0 Å². The first-order chi connectivity index (χ1) is 7.51. The third-order valence-corrected chi connectivity index (χ3v) is 1.25. The maximum Gasteiger partial charge on any atom is 1.00 e. The molecule has 0 aromatic carbocycles. The van der Waals surface area contributed by atoms with Gasteiger partial charge < -0.3 is 98.1 Å². The van der Waals surface area contributed by atoms with Gasteiger partial charge in [-0.15, -0.1) is 0 Å². The summed E-state index contributed by atoms with van der Waals surface area (Å²) in [5.74, 6) is -5.98. The second-order valence-corrected chi connectivity index (χ2v) is 3.17. The molecule has 0 aromatic rings. The molecule has 0 atom stereocenters. The zero-order chi connectivity index (χ0) is 14.2. The van der Waals surface area contributed by atoms with E-state index in [9.17, 15) is 29.7 Å². The number of carboxylic acids is 3. The molecular formula is C6H23Na5O19Si. The Kier molecular flexibility index (Phi) is 237. The fourth-order valence-electron chi connectivity index (χ4n) is 0.684. The average Bonchev–Trinajstić information content (AvgIpc) is 1.98. The zero-order valence-corrected chi connectivity index (χ0v) is 28.5. The summed E-state index contributed by atoms with van der Waals surface area (Å²) in [7, 11) is -3.63. The van der Waals surface area contributed by atoms with Crippen molar-refractivity contribution in [3.8, 4) is 0 Å². The third kappa shape index (κ3) is 88.2. The molecule has 0 rings (SSSR count). The molecule has 0 unspecified atom stereocenters. The van der Waals surface area contributed by atoms with E-state index in [2.05, 4.69) is 0 Å². The number of carboxylic acid groups (broad SMARTS) is 3. The van der Waals surface area contributed by atoms with Gasteiger partial charge in [0.1, 0.15) is 5.60 Å². The molecule has 19 N–H and O–H groups in total. The molecule has 0 aliphatic carbocycles. The predicted molar refractivity (Wildman–Crippen MR) is 68.2 cm³/mol. The van der Waals surface area contributed by atoms with E-state index in [0.717, 1.165) is 0 Å². The third-order valence-electron chi connectivity index (χ3n) is 1.25. The van der Waals surface area contributed by atoms with Crippen LogP contribution in [0, 0.1) is 0 Å². The number of hydrogen-bond acceptors (Lipinski definition) is 10. The van der Waals surface area contributed by atoms with E-state index in [4.69, 9.17) is 19.2 Å². The predicted octanol–water partition coefficient (Wildman–Crippen LogP) is -30.5. The summed E-state index contributed by atoms with van der Waals surface area (Å²) in [5, 5.41) is 38.9. The molecule has 170 valence electrons. The summed E-state index contributed by atoms with van der Waals surface area (Å²) < 4.78 is 8.52. The van der Waals surface area contributed by atoms with E-state index in [-0.39, 0.29) is 197 Å². The monoisotopic (exact) mass is 542 g/mol. The van der Waals surface area contributed by atoms with Crippen LogP contribution in [0.1, 0.15) is 12.8 Å². The minimum absolute atomic E-state index is 0. The molecule has 0 aromatic heterocycles. The van der Waals surface area contributed by atoms with Crippen molar-refractivity contribution in [2.45, 2.75) is 18.4 Å². The Bertz CT molecular complexity index is 328. The first-order valence-corrected chi connectivity index (χ1v) is 4.95. The van der Waals surface area contributed by atoms with Gasteiger partial charge in [-0.25, -0.2) is 0 Å². The van der Waals surface area contributed by atoms with E-state index in [1.54, 1.807) is 0 Å². The minimum atomic E-state index is -3.63. The summed E-state index contributed by atoms with van der Waals surface area (Å²) >= 11 is 0. The van der Waals surface area contributed by atoms with Crippen LogP contribution < -0.4 is 173 Å². The van der Waals surface area contributed by atoms with Crippen LogP contribution in [0.2, 0.25) is 0 Å². The maximum absolute atomic E-state index is 10.1. The molecule has 31 heavy (non-hydrogen) atoms. The molecule has 0 fully saturated rings. The minimum Gasteiger partial charge on any atom is -0.672 e. The van der Waals surface area contributed by atoms with Crippen LogP contribution in [-0.2, 0) is 18.8 Å². The van der Waals surface area contributed by atoms with Gasteiger partial charge >= 0.3 is 148 Å². The van der Waals surface area contributed by atoms with Gasteiger partial charge in [0.2, 0.25) is 0 Å². The van der Waals surface area contributed by atoms with Crippen molar-refractivity contribution in [3.05, 3.63) is 0 Å². The van der Waals surface area contributed by atoms with Crippen molar-refractivity contribution in [3.63, 3.8) is 0 Å². The van der Waals surface area contributed by atoms with Gasteiger partial charge in [0, 0.05) is 34.0 Å². The molecular weight excluding hydrogens is 519 g/mol. The topological polar surface area (TPSA) is 487 Å². The van der Waals surface area contributed by atoms with Crippen LogP contribution in [0.5, 0.6) is 0 Å².